The first kappa shape index (κ1) is 22.7. The third-order valence-corrected chi connectivity index (χ3v) is 4.36. The van der Waals surface area contributed by atoms with Gasteiger partial charge in [0.25, 0.3) is 0 Å². The molecule has 144 valence electrons. The van der Waals surface area contributed by atoms with E-state index >= 15 is 0 Å². The molecule has 0 fully saturated rings. The van der Waals surface area contributed by atoms with E-state index in [1.54, 1.807) is 18.4 Å². The predicted molar refractivity (Wildman–Crippen MR) is 120 cm³/mol. The zero-order chi connectivity index (χ0) is 17.7. The molecule has 0 aliphatic rings. The van der Waals surface area contributed by atoms with Gasteiger partial charge in [0.1, 0.15) is 5.75 Å². The van der Waals surface area contributed by atoms with Crippen LogP contribution in [0.15, 0.2) is 46.8 Å². The molecule has 1 aromatic heterocycles. The quantitative estimate of drug-likeness (QED) is 0.229. The number of guanidine groups is 1. The van der Waals surface area contributed by atoms with E-state index in [4.69, 9.17) is 9.47 Å². The van der Waals surface area contributed by atoms with E-state index in [0.29, 0.717) is 19.8 Å². The lowest BCUT2D eigenvalue weighted by molar-refractivity contribution is 0.119. The number of nitrogens with one attached hydrogen (secondary N) is 2. The Labute approximate surface area is 177 Å². The smallest absolute Gasteiger partial charge is 0.191 e. The Balaban J connectivity index is 0.00000338. The number of rotatable bonds is 10. The first-order valence-electron chi connectivity index (χ1n) is 8.57. The van der Waals surface area contributed by atoms with Crippen LogP contribution in [0.4, 0.5) is 0 Å². The van der Waals surface area contributed by atoms with Crippen LogP contribution in [0.25, 0.3) is 0 Å². The van der Waals surface area contributed by atoms with Gasteiger partial charge in [0.2, 0.25) is 0 Å². The summed E-state index contributed by atoms with van der Waals surface area (Å²) in [6, 6.07) is 12.1. The molecule has 2 rings (SSSR count). The van der Waals surface area contributed by atoms with Gasteiger partial charge in [-0.1, -0.05) is 18.2 Å². The second-order valence-electron chi connectivity index (χ2n) is 5.46. The number of hydrogen-bond acceptors (Lipinski definition) is 4. The average molecular weight is 489 g/mol. The fraction of sp³-hybridized carbons (Fsp3) is 0.421. The summed E-state index contributed by atoms with van der Waals surface area (Å²) in [5.74, 6) is 1.72. The monoisotopic (exact) mass is 489 g/mol. The maximum absolute atomic E-state index is 5.71. The van der Waals surface area contributed by atoms with Crippen molar-refractivity contribution < 1.29 is 9.47 Å². The summed E-state index contributed by atoms with van der Waals surface area (Å²) >= 11 is 1.73. The third kappa shape index (κ3) is 8.86. The highest BCUT2D eigenvalue weighted by Gasteiger charge is 1.99. The highest BCUT2D eigenvalue weighted by Crippen LogP contribution is 2.12. The van der Waals surface area contributed by atoms with Crippen LogP contribution in [0.3, 0.4) is 0 Å². The second kappa shape index (κ2) is 13.8. The van der Waals surface area contributed by atoms with Crippen molar-refractivity contribution in [3.05, 3.63) is 52.2 Å². The first-order valence-corrected chi connectivity index (χ1v) is 9.45. The second-order valence-corrected chi connectivity index (χ2v) is 6.49. The number of methoxy groups -OCH3 is 1. The SMILES string of the molecule is CCNC(=NCc1cccs1)NCCCOCc1ccc(OC)cc1.I. The lowest BCUT2D eigenvalue weighted by Gasteiger charge is -2.11. The standard InChI is InChI=1S/C19H27N3O2S.HI/c1-3-20-19(22-14-18-6-4-13-25-18)21-11-5-12-24-15-16-7-9-17(23-2)10-8-16;/h4,6-10,13H,3,5,11-12,14-15H2,1-2H3,(H2,20,21,22);1H. The first-order chi connectivity index (χ1) is 12.3. The molecule has 2 aromatic rings. The third-order valence-electron chi connectivity index (χ3n) is 3.50. The topological polar surface area (TPSA) is 54.9 Å². The summed E-state index contributed by atoms with van der Waals surface area (Å²) in [6.07, 6.45) is 0.930. The molecule has 26 heavy (non-hydrogen) atoms. The van der Waals surface area contributed by atoms with Crippen molar-refractivity contribution in [2.45, 2.75) is 26.5 Å². The van der Waals surface area contributed by atoms with Crippen LogP contribution in [0, 0.1) is 0 Å². The summed E-state index contributed by atoms with van der Waals surface area (Å²) in [6.45, 7) is 5.80. The molecule has 2 N–H and O–H groups in total. The Morgan fingerprint density at radius 1 is 1.15 bits per heavy atom. The molecule has 0 saturated heterocycles. The molecule has 0 unspecified atom stereocenters. The van der Waals surface area contributed by atoms with Crippen molar-refractivity contribution in [1.29, 1.82) is 0 Å². The fourth-order valence-electron chi connectivity index (χ4n) is 2.19. The molecule has 0 amide bonds. The minimum absolute atomic E-state index is 0. The molecule has 1 heterocycles. The summed E-state index contributed by atoms with van der Waals surface area (Å²) < 4.78 is 10.9. The van der Waals surface area contributed by atoms with Crippen molar-refractivity contribution in [3.8, 4) is 5.75 Å². The molecule has 0 saturated carbocycles. The van der Waals surface area contributed by atoms with Crippen molar-refractivity contribution in [1.82, 2.24) is 10.6 Å². The molecule has 1 aromatic carbocycles. The van der Waals surface area contributed by atoms with Gasteiger partial charge in [0.05, 0.1) is 20.3 Å². The molecular formula is C19H28IN3O2S. The molecule has 0 spiro atoms. The Hall–Kier alpha value is -1.32. The van der Waals surface area contributed by atoms with E-state index in [2.05, 4.69) is 40.1 Å². The Kier molecular flexibility index (Phi) is 12.1. The molecule has 0 atom stereocenters. The molecule has 0 radical (unpaired) electrons. The van der Waals surface area contributed by atoms with E-state index in [0.717, 1.165) is 36.8 Å². The van der Waals surface area contributed by atoms with Crippen molar-refractivity contribution in [2.24, 2.45) is 4.99 Å². The predicted octanol–water partition coefficient (Wildman–Crippen LogP) is 4.04. The highest BCUT2D eigenvalue weighted by molar-refractivity contribution is 14.0. The summed E-state index contributed by atoms with van der Waals surface area (Å²) in [4.78, 5) is 5.85. The molecular weight excluding hydrogens is 461 g/mol. The van der Waals surface area contributed by atoms with Crippen molar-refractivity contribution in [2.75, 3.05) is 26.8 Å². The van der Waals surface area contributed by atoms with Crippen LogP contribution in [0.1, 0.15) is 23.8 Å². The summed E-state index contributed by atoms with van der Waals surface area (Å²) in [5, 5.41) is 8.68. The highest BCUT2D eigenvalue weighted by atomic mass is 127. The normalized spacial score (nSPS) is 10.9. The fourth-order valence-corrected chi connectivity index (χ4v) is 2.82. The van der Waals surface area contributed by atoms with Crippen molar-refractivity contribution in [3.63, 3.8) is 0 Å². The number of nitrogens with zero attached hydrogens (tertiary/aromatic N) is 1. The number of ether oxygens (including phenoxy) is 2. The number of aliphatic imine (C=N–C) groups is 1. The lowest BCUT2D eigenvalue weighted by Crippen LogP contribution is -2.38. The van der Waals surface area contributed by atoms with Gasteiger partial charge in [-0.05, 0) is 42.5 Å². The largest absolute Gasteiger partial charge is 0.497 e. The number of halogens is 1. The number of thiophene rings is 1. The minimum atomic E-state index is 0. The Morgan fingerprint density at radius 3 is 2.62 bits per heavy atom. The van der Waals surface area contributed by atoms with Gasteiger partial charge >= 0.3 is 0 Å². The van der Waals surface area contributed by atoms with E-state index in [1.807, 2.05) is 24.3 Å². The molecule has 0 bridgehead atoms. The minimum Gasteiger partial charge on any atom is -0.497 e. The number of benzene rings is 1. The van der Waals surface area contributed by atoms with Crippen LogP contribution >= 0.6 is 35.3 Å². The Bertz CT molecular complexity index is 618. The average Bonchev–Trinajstić information content (AvgIpc) is 3.16. The van der Waals surface area contributed by atoms with E-state index in [1.165, 1.54) is 4.88 Å². The van der Waals surface area contributed by atoms with E-state index in [9.17, 15) is 0 Å². The number of hydrogen-bond donors (Lipinski definition) is 2. The zero-order valence-electron chi connectivity index (χ0n) is 15.4. The lowest BCUT2D eigenvalue weighted by atomic mass is 10.2. The maximum Gasteiger partial charge on any atom is 0.191 e. The van der Waals surface area contributed by atoms with Crippen LogP contribution in [-0.2, 0) is 17.9 Å². The van der Waals surface area contributed by atoms with E-state index < -0.39 is 0 Å². The van der Waals surface area contributed by atoms with Gasteiger partial charge in [-0.15, -0.1) is 35.3 Å². The molecule has 5 nitrogen and oxygen atoms in total. The van der Waals surface area contributed by atoms with Gasteiger partial charge in [0.15, 0.2) is 5.96 Å². The van der Waals surface area contributed by atoms with Gasteiger partial charge in [-0.2, -0.15) is 0 Å². The van der Waals surface area contributed by atoms with Crippen LogP contribution in [0.2, 0.25) is 0 Å². The van der Waals surface area contributed by atoms with Gasteiger partial charge < -0.3 is 20.1 Å². The van der Waals surface area contributed by atoms with Gasteiger partial charge in [0, 0.05) is 24.6 Å². The summed E-state index contributed by atoms with van der Waals surface area (Å²) in [7, 11) is 1.67. The molecule has 0 aliphatic heterocycles. The van der Waals surface area contributed by atoms with Crippen molar-refractivity contribution >= 4 is 41.3 Å². The maximum atomic E-state index is 5.71. The molecule has 0 aliphatic carbocycles. The Morgan fingerprint density at radius 2 is 1.96 bits per heavy atom. The van der Waals surface area contributed by atoms with E-state index in [-0.39, 0.29) is 24.0 Å². The zero-order valence-corrected chi connectivity index (χ0v) is 18.5. The van der Waals surface area contributed by atoms with Gasteiger partial charge in [-0.3, -0.25) is 0 Å². The van der Waals surface area contributed by atoms with Crippen LogP contribution < -0.4 is 15.4 Å². The molecule has 7 heteroatoms. The van der Waals surface area contributed by atoms with Crippen LogP contribution in [0.5, 0.6) is 5.75 Å². The van der Waals surface area contributed by atoms with Crippen LogP contribution in [-0.4, -0.2) is 32.8 Å². The summed E-state index contributed by atoms with van der Waals surface area (Å²) in [5.41, 5.74) is 1.15. The van der Waals surface area contributed by atoms with Gasteiger partial charge in [-0.25, -0.2) is 4.99 Å².